The minimum Gasteiger partial charge on any atom is -0.508 e. The molecule has 0 saturated heterocycles. The van der Waals surface area contributed by atoms with Crippen molar-refractivity contribution in [2.45, 2.75) is 210 Å². The molecule has 16 rings (SSSR count). The van der Waals surface area contributed by atoms with Crippen LogP contribution in [0.3, 0.4) is 0 Å². The maximum absolute atomic E-state index is 10.7. The van der Waals surface area contributed by atoms with Crippen molar-refractivity contribution in [3.63, 3.8) is 0 Å². The van der Waals surface area contributed by atoms with Crippen molar-refractivity contribution >= 4 is 0 Å². The predicted octanol–water partition coefficient (Wildman–Crippen LogP) is 25.5. The maximum Gasteiger partial charge on any atom is 0.123 e. The maximum atomic E-state index is 10.7. The monoisotopic (exact) mass is 1670 g/mol. The van der Waals surface area contributed by atoms with Gasteiger partial charge in [-0.05, 0) is 236 Å². The minimum absolute atomic E-state index is 0.0181. The van der Waals surface area contributed by atoms with Crippen LogP contribution in [-0.4, -0.2) is 81.7 Å². The number of aromatic hydroxyl groups is 16. The van der Waals surface area contributed by atoms with Gasteiger partial charge >= 0.3 is 0 Å². The summed E-state index contributed by atoms with van der Waals surface area (Å²) in [5.41, 5.74) is 16.1. The lowest BCUT2D eigenvalue weighted by Crippen LogP contribution is -2.13. The van der Waals surface area contributed by atoms with Crippen LogP contribution in [-0.2, 0) is 0 Å². The molecule has 12 aromatic carbocycles. The standard InChI is InChI=1S/C28H32O4.2C27H30O4.C26H28O4/c1-2-3-18-4-6-19(7-5-18)20-8-10-21(11-9-20)28(24-14-12-22(29)16-26(24)31)25-15-13-23(30)17-27(25)32;1-16-13-24(17(2)12-23(16)18-6-4-3-5-7-18)27(21-10-8-19(28)14-25(21)30)22-11-9-20(29)15-26(22)31;1-2-17-3-5-18(6-4-17)19-7-9-20(10-8-19)27(23-13-11-21(28)15-25(23)30)24-14-12-22(29)16-26(24)31;1-16-2-4-17(5-3-16)18-6-8-19(9-7-18)26(22-12-10-20(27)14-24(22)29)23-13-11-21(28)15-25(23)30/h8-19,28-32H,2-7H2,1H3;8-15,18,27-31H,3-7H2,1-2H3;7-18,27-31H,2-6H2,1H3;6-17,26-30H,2-5H2,1H3. The summed E-state index contributed by atoms with van der Waals surface area (Å²) in [4.78, 5) is 0. The molecular weight excluding hydrogens is 1550 g/mol. The molecule has 4 aliphatic rings. The quantitative estimate of drug-likeness (QED) is 0.0335. The van der Waals surface area contributed by atoms with E-state index in [0.717, 1.165) is 45.6 Å². The number of rotatable bonds is 19. The molecular formula is C108H120O16. The summed E-state index contributed by atoms with van der Waals surface area (Å²) in [7, 11) is 0. The highest BCUT2D eigenvalue weighted by Gasteiger charge is 2.33. The van der Waals surface area contributed by atoms with Crippen molar-refractivity contribution in [3.8, 4) is 92.0 Å². The molecule has 0 unspecified atom stereocenters. The third kappa shape index (κ3) is 21.5. The molecule has 0 radical (unpaired) electrons. The average molecular weight is 1670 g/mol. The Kier molecular flexibility index (Phi) is 29.2. The summed E-state index contributed by atoms with van der Waals surface area (Å²) in [5, 5.41) is 163. The van der Waals surface area contributed by atoms with E-state index in [2.05, 4.69) is 120 Å². The molecule has 4 fully saturated rings. The summed E-state index contributed by atoms with van der Waals surface area (Å²) >= 11 is 0. The molecule has 16 heteroatoms. The Morgan fingerprint density at radius 2 is 0.500 bits per heavy atom. The molecule has 0 bridgehead atoms. The first-order valence-electron chi connectivity index (χ1n) is 44.2. The molecule has 648 valence electrons. The molecule has 0 spiro atoms. The van der Waals surface area contributed by atoms with Gasteiger partial charge in [0, 0.05) is 117 Å². The normalized spacial score (nSPS) is 17.9. The highest BCUT2D eigenvalue weighted by atomic mass is 16.3. The molecule has 12 aromatic rings. The van der Waals surface area contributed by atoms with Gasteiger partial charge in [-0.2, -0.15) is 0 Å². The van der Waals surface area contributed by atoms with Crippen LogP contribution in [0.4, 0.5) is 0 Å². The van der Waals surface area contributed by atoms with Gasteiger partial charge in [0.25, 0.3) is 0 Å². The van der Waals surface area contributed by atoms with E-state index in [1.165, 1.54) is 253 Å². The van der Waals surface area contributed by atoms with E-state index in [0.29, 0.717) is 68.2 Å². The lowest BCUT2D eigenvalue weighted by atomic mass is 9.76. The fraction of sp³-hybridized carbons (Fsp3) is 0.333. The van der Waals surface area contributed by atoms with E-state index in [-0.39, 0.29) is 92.0 Å². The van der Waals surface area contributed by atoms with Gasteiger partial charge in [-0.3, -0.25) is 0 Å². The van der Waals surface area contributed by atoms with E-state index in [1.807, 2.05) is 0 Å². The second-order valence-corrected chi connectivity index (χ2v) is 35.2. The fourth-order valence-electron chi connectivity index (χ4n) is 19.9. The Balaban J connectivity index is 0.000000142. The van der Waals surface area contributed by atoms with E-state index in [4.69, 9.17) is 0 Å². The van der Waals surface area contributed by atoms with Crippen molar-refractivity contribution in [1.29, 1.82) is 0 Å². The summed E-state index contributed by atoms with van der Waals surface area (Å²) in [6.07, 6.45) is 25.2. The number of hydrogen-bond acceptors (Lipinski definition) is 16. The fourth-order valence-corrected chi connectivity index (χ4v) is 19.9. The minimum atomic E-state index is -0.444. The van der Waals surface area contributed by atoms with Gasteiger partial charge in [0.2, 0.25) is 0 Å². The lowest BCUT2D eigenvalue weighted by Gasteiger charge is -2.29. The van der Waals surface area contributed by atoms with Crippen LogP contribution < -0.4 is 0 Å². The van der Waals surface area contributed by atoms with Gasteiger partial charge in [-0.15, -0.1) is 0 Å². The molecule has 0 aromatic heterocycles. The smallest absolute Gasteiger partial charge is 0.123 e. The molecule has 16 N–H and O–H groups in total. The van der Waals surface area contributed by atoms with Gasteiger partial charge in [0.15, 0.2) is 0 Å². The van der Waals surface area contributed by atoms with Crippen LogP contribution in [0.2, 0.25) is 0 Å². The first-order valence-corrected chi connectivity index (χ1v) is 44.2. The summed E-state index contributed by atoms with van der Waals surface area (Å²) < 4.78 is 0. The number of aryl methyl sites for hydroxylation is 2. The molecule has 4 aliphatic carbocycles. The second kappa shape index (κ2) is 40.6. The van der Waals surface area contributed by atoms with E-state index >= 15 is 0 Å². The first-order chi connectivity index (χ1) is 59.7. The second-order valence-electron chi connectivity index (χ2n) is 35.2. The highest BCUT2D eigenvalue weighted by molar-refractivity contribution is 5.62. The summed E-state index contributed by atoms with van der Waals surface area (Å²) in [6.45, 7) is 11.1. The number of benzene rings is 12. The number of phenols is 16. The third-order valence-electron chi connectivity index (χ3n) is 26.8. The van der Waals surface area contributed by atoms with Crippen molar-refractivity contribution in [2.24, 2.45) is 17.8 Å². The molecule has 0 aliphatic heterocycles. The van der Waals surface area contributed by atoms with Crippen LogP contribution in [0.5, 0.6) is 92.0 Å². The number of hydrogen-bond donors (Lipinski definition) is 16. The van der Waals surface area contributed by atoms with Gasteiger partial charge in [0.05, 0.1) is 0 Å². The zero-order valence-corrected chi connectivity index (χ0v) is 71.6. The molecule has 0 atom stereocenters. The highest BCUT2D eigenvalue weighted by Crippen LogP contribution is 2.51. The molecule has 4 saturated carbocycles. The van der Waals surface area contributed by atoms with Crippen LogP contribution in [0.1, 0.15) is 297 Å². The van der Waals surface area contributed by atoms with Gasteiger partial charge < -0.3 is 81.7 Å². The van der Waals surface area contributed by atoms with Crippen LogP contribution in [0.15, 0.2) is 231 Å². The first kappa shape index (κ1) is 89.2. The van der Waals surface area contributed by atoms with Crippen molar-refractivity contribution < 1.29 is 81.7 Å². The lowest BCUT2D eigenvalue weighted by molar-refractivity contribution is 0.308. The SMILES string of the molecule is CC1CCC(c2ccc(C(c3ccc(O)cc3O)c3ccc(O)cc3O)cc2)CC1.CCC1CCC(c2ccc(C(c3ccc(O)cc3O)c3ccc(O)cc3O)cc2)CC1.CCCC1CCC(c2ccc(C(c3ccc(O)cc3O)c3ccc(O)cc3O)cc2)CC1.Cc1cc(C(c2ccc(O)cc2O)c2ccc(O)cc2O)c(C)cc1C1CCCCC1. The van der Waals surface area contributed by atoms with E-state index < -0.39 is 23.7 Å². The van der Waals surface area contributed by atoms with Crippen molar-refractivity contribution in [3.05, 3.63) is 331 Å². The average Bonchev–Trinajstić information content (AvgIpc) is 0.931. The van der Waals surface area contributed by atoms with Gasteiger partial charge in [0.1, 0.15) is 92.0 Å². The van der Waals surface area contributed by atoms with Gasteiger partial charge in [-0.1, -0.05) is 206 Å². The van der Waals surface area contributed by atoms with E-state index in [1.54, 1.807) is 48.5 Å². The Labute approximate surface area is 728 Å². The van der Waals surface area contributed by atoms with Crippen LogP contribution >= 0.6 is 0 Å². The third-order valence-corrected chi connectivity index (χ3v) is 26.8. The summed E-state index contributed by atoms with van der Waals surface area (Å²) in [6, 6.07) is 65.8. The number of phenolic OH excluding ortho intramolecular Hbond substituents is 16. The van der Waals surface area contributed by atoms with E-state index in [9.17, 15) is 81.7 Å². The van der Waals surface area contributed by atoms with Crippen molar-refractivity contribution in [1.82, 2.24) is 0 Å². The zero-order chi connectivity index (χ0) is 88.0. The van der Waals surface area contributed by atoms with Crippen LogP contribution in [0, 0.1) is 31.6 Å². The zero-order valence-electron chi connectivity index (χ0n) is 71.6. The van der Waals surface area contributed by atoms with Crippen molar-refractivity contribution in [2.75, 3.05) is 0 Å². The van der Waals surface area contributed by atoms with Gasteiger partial charge in [-0.25, -0.2) is 0 Å². The topological polar surface area (TPSA) is 324 Å². The predicted molar refractivity (Wildman–Crippen MR) is 488 cm³/mol. The summed E-state index contributed by atoms with van der Waals surface area (Å²) in [5.74, 6) is 2.62. The Morgan fingerprint density at radius 1 is 0.242 bits per heavy atom. The van der Waals surface area contributed by atoms with Crippen LogP contribution in [0.25, 0.3) is 0 Å². The molecule has 124 heavy (non-hydrogen) atoms. The Hall–Kier alpha value is -12.6. The molecule has 16 nitrogen and oxygen atoms in total. The Morgan fingerprint density at radius 3 is 0.758 bits per heavy atom. The molecule has 0 amide bonds. The molecule has 0 heterocycles. The Bertz CT molecular complexity index is 5370. The largest absolute Gasteiger partial charge is 0.508 e.